The second-order valence-electron chi connectivity index (χ2n) is 6.95. The molecule has 1 aromatic carbocycles. The summed E-state index contributed by atoms with van der Waals surface area (Å²) in [4.78, 5) is 33.6. The SMILES string of the molecule is CC12CCC(=O)N1C(C(=O)N1CCCSC1=Nc1ccc(Cl)c(Cl)c1)CS2. The minimum absolute atomic E-state index is 0.0347. The zero-order valence-electron chi connectivity index (χ0n) is 14.8. The number of fused-ring (bicyclic) bond motifs is 1. The molecule has 9 heteroatoms. The topological polar surface area (TPSA) is 53.0 Å². The van der Waals surface area contributed by atoms with Crippen molar-refractivity contribution in [3.63, 3.8) is 0 Å². The normalized spacial score (nSPS) is 29.5. The van der Waals surface area contributed by atoms with Crippen LogP contribution in [0.4, 0.5) is 5.69 Å². The number of benzene rings is 1. The Bertz CT molecular complexity index is 835. The summed E-state index contributed by atoms with van der Waals surface area (Å²) in [5.74, 6) is 1.59. The average molecular weight is 444 g/mol. The van der Waals surface area contributed by atoms with Crippen LogP contribution in [-0.2, 0) is 9.59 Å². The molecule has 3 heterocycles. The van der Waals surface area contributed by atoms with Gasteiger partial charge >= 0.3 is 0 Å². The van der Waals surface area contributed by atoms with E-state index in [1.54, 1.807) is 51.5 Å². The molecule has 3 fully saturated rings. The van der Waals surface area contributed by atoms with Crippen molar-refractivity contribution in [1.29, 1.82) is 0 Å². The summed E-state index contributed by atoms with van der Waals surface area (Å²) in [7, 11) is 0. The molecule has 144 valence electrons. The Balaban J connectivity index is 1.61. The van der Waals surface area contributed by atoms with Crippen LogP contribution in [0.5, 0.6) is 0 Å². The van der Waals surface area contributed by atoms with Crippen molar-refractivity contribution in [1.82, 2.24) is 9.80 Å². The first-order valence-electron chi connectivity index (χ1n) is 8.83. The molecule has 0 radical (unpaired) electrons. The summed E-state index contributed by atoms with van der Waals surface area (Å²) >= 11 is 15.3. The van der Waals surface area contributed by atoms with Gasteiger partial charge in [-0.1, -0.05) is 35.0 Å². The maximum Gasteiger partial charge on any atom is 0.252 e. The number of hydrogen-bond donors (Lipinski definition) is 0. The molecule has 0 aliphatic carbocycles. The van der Waals surface area contributed by atoms with Crippen LogP contribution in [0.25, 0.3) is 0 Å². The number of halogens is 2. The van der Waals surface area contributed by atoms with Gasteiger partial charge in [0.25, 0.3) is 5.91 Å². The highest BCUT2D eigenvalue weighted by Crippen LogP contribution is 2.47. The van der Waals surface area contributed by atoms with Gasteiger partial charge in [0.1, 0.15) is 6.04 Å². The summed E-state index contributed by atoms with van der Waals surface area (Å²) in [6.45, 7) is 2.68. The van der Waals surface area contributed by atoms with Crippen molar-refractivity contribution in [2.45, 2.75) is 37.1 Å². The lowest BCUT2D eigenvalue weighted by molar-refractivity contribution is -0.141. The van der Waals surface area contributed by atoms with E-state index in [1.165, 1.54) is 0 Å². The monoisotopic (exact) mass is 443 g/mol. The molecule has 0 spiro atoms. The highest BCUT2D eigenvalue weighted by Gasteiger charge is 2.54. The van der Waals surface area contributed by atoms with E-state index in [1.807, 2.05) is 0 Å². The van der Waals surface area contributed by atoms with Gasteiger partial charge < -0.3 is 4.90 Å². The van der Waals surface area contributed by atoms with Gasteiger partial charge in [0.15, 0.2) is 5.17 Å². The van der Waals surface area contributed by atoms with Crippen molar-refractivity contribution < 1.29 is 9.59 Å². The Hall–Kier alpha value is -0.890. The van der Waals surface area contributed by atoms with E-state index in [4.69, 9.17) is 23.2 Å². The van der Waals surface area contributed by atoms with Crippen molar-refractivity contribution in [3.8, 4) is 0 Å². The Morgan fingerprint density at radius 1 is 1.33 bits per heavy atom. The number of hydrogen-bond acceptors (Lipinski definition) is 5. The summed E-state index contributed by atoms with van der Waals surface area (Å²) < 4.78 is 0. The van der Waals surface area contributed by atoms with Crippen LogP contribution in [-0.4, -0.2) is 55.7 Å². The van der Waals surface area contributed by atoms with E-state index in [2.05, 4.69) is 11.9 Å². The van der Waals surface area contributed by atoms with Crippen molar-refractivity contribution >= 4 is 69.4 Å². The quantitative estimate of drug-likeness (QED) is 0.679. The Morgan fingerprint density at radius 3 is 2.93 bits per heavy atom. The lowest BCUT2D eigenvalue weighted by Crippen LogP contribution is -2.53. The number of amidine groups is 1. The smallest absolute Gasteiger partial charge is 0.252 e. The fourth-order valence-corrected chi connectivity index (χ4v) is 6.38. The number of thioether (sulfide) groups is 2. The maximum atomic E-state index is 13.3. The molecule has 2 amide bonds. The van der Waals surface area contributed by atoms with E-state index in [0.29, 0.717) is 39.6 Å². The van der Waals surface area contributed by atoms with Crippen molar-refractivity contribution in [2.75, 3.05) is 18.1 Å². The highest BCUT2D eigenvalue weighted by atomic mass is 35.5. The lowest BCUT2D eigenvalue weighted by Gasteiger charge is -2.34. The fourth-order valence-electron chi connectivity index (χ4n) is 3.71. The molecule has 0 saturated carbocycles. The molecule has 0 bridgehead atoms. The van der Waals surface area contributed by atoms with Gasteiger partial charge in [0.05, 0.1) is 20.6 Å². The molecular formula is C18H19Cl2N3O2S2. The molecule has 3 aliphatic rings. The number of nitrogens with zero attached hydrogens (tertiary/aromatic N) is 3. The van der Waals surface area contributed by atoms with Crippen LogP contribution >= 0.6 is 46.7 Å². The Morgan fingerprint density at radius 2 is 2.15 bits per heavy atom. The minimum atomic E-state index is -0.410. The van der Waals surface area contributed by atoms with Crippen LogP contribution in [0.1, 0.15) is 26.2 Å². The summed E-state index contributed by atoms with van der Waals surface area (Å²) in [5, 5.41) is 1.57. The minimum Gasteiger partial charge on any atom is -0.315 e. The van der Waals surface area contributed by atoms with Crippen LogP contribution in [0, 0.1) is 0 Å². The molecule has 2 unspecified atom stereocenters. The number of amides is 2. The molecule has 27 heavy (non-hydrogen) atoms. The molecule has 3 saturated heterocycles. The fraction of sp³-hybridized carbons (Fsp3) is 0.500. The number of aliphatic imine (C=N–C) groups is 1. The van der Waals surface area contributed by atoms with Crippen LogP contribution in [0.3, 0.4) is 0 Å². The second-order valence-corrected chi connectivity index (χ2v) is 10.3. The van der Waals surface area contributed by atoms with E-state index >= 15 is 0 Å². The Kier molecular flexibility index (Phi) is 5.40. The van der Waals surface area contributed by atoms with Crippen molar-refractivity contribution in [3.05, 3.63) is 28.2 Å². The van der Waals surface area contributed by atoms with Gasteiger partial charge in [-0.25, -0.2) is 4.99 Å². The lowest BCUT2D eigenvalue weighted by atomic mass is 10.2. The highest BCUT2D eigenvalue weighted by molar-refractivity contribution is 8.13. The molecular weight excluding hydrogens is 425 g/mol. The van der Waals surface area contributed by atoms with E-state index < -0.39 is 6.04 Å². The predicted molar refractivity (Wildman–Crippen MR) is 113 cm³/mol. The van der Waals surface area contributed by atoms with Crippen LogP contribution in [0.15, 0.2) is 23.2 Å². The first kappa shape index (κ1) is 19.4. The van der Waals surface area contributed by atoms with E-state index in [-0.39, 0.29) is 16.7 Å². The van der Waals surface area contributed by atoms with Gasteiger partial charge in [-0.05, 0) is 38.0 Å². The zero-order chi connectivity index (χ0) is 19.2. The summed E-state index contributed by atoms with van der Waals surface area (Å²) in [6, 6.07) is 4.77. The Labute approximate surface area is 176 Å². The predicted octanol–water partition coefficient (Wildman–Crippen LogP) is 4.40. The number of carbonyl (C=O) groups is 2. The standard InChI is InChI=1S/C18H19Cl2N3O2S2/c1-18-6-5-15(24)23(18)14(10-27-18)16(25)22-7-2-8-26-17(22)21-11-3-4-12(19)13(20)9-11/h3-4,9,14H,2,5-8,10H2,1H3. The van der Waals surface area contributed by atoms with Crippen molar-refractivity contribution in [2.24, 2.45) is 4.99 Å². The zero-order valence-corrected chi connectivity index (χ0v) is 17.9. The second kappa shape index (κ2) is 7.50. The number of rotatable bonds is 2. The molecule has 1 aromatic rings. The molecule has 4 rings (SSSR count). The third kappa shape index (κ3) is 3.59. The number of carbonyl (C=O) groups excluding carboxylic acids is 2. The molecule has 0 N–H and O–H groups in total. The largest absolute Gasteiger partial charge is 0.315 e. The van der Waals surface area contributed by atoms with Gasteiger partial charge in [0, 0.05) is 24.5 Å². The molecule has 3 aliphatic heterocycles. The molecule has 2 atom stereocenters. The third-order valence-electron chi connectivity index (χ3n) is 5.11. The third-order valence-corrected chi connectivity index (χ3v) is 8.42. The first-order valence-corrected chi connectivity index (χ1v) is 11.6. The summed E-state index contributed by atoms with van der Waals surface area (Å²) in [5.41, 5.74) is 0.662. The van der Waals surface area contributed by atoms with Gasteiger partial charge in [-0.2, -0.15) is 0 Å². The molecule has 0 aromatic heterocycles. The van der Waals surface area contributed by atoms with Crippen LogP contribution in [0.2, 0.25) is 10.0 Å². The first-order chi connectivity index (χ1) is 12.9. The molecule has 5 nitrogen and oxygen atoms in total. The average Bonchev–Trinajstić information content (AvgIpc) is 3.14. The van der Waals surface area contributed by atoms with Gasteiger partial charge in [-0.15, -0.1) is 11.8 Å². The summed E-state index contributed by atoms with van der Waals surface area (Å²) in [6.07, 6.45) is 2.23. The maximum absolute atomic E-state index is 13.3. The van der Waals surface area contributed by atoms with Crippen LogP contribution < -0.4 is 0 Å². The van der Waals surface area contributed by atoms with Gasteiger partial charge in [-0.3, -0.25) is 14.5 Å². The van der Waals surface area contributed by atoms with E-state index in [9.17, 15) is 9.59 Å². The van der Waals surface area contributed by atoms with Gasteiger partial charge in [0.2, 0.25) is 5.91 Å². The van der Waals surface area contributed by atoms with E-state index in [0.717, 1.165) is 18.6 Å².